The van der Waals surface area contributed by atoms with Crippen LogP contribution in [-0.4, -0.2) is 14.8 Å². The molecule has 0 atom stereocenters. The molecule has 0 aliphatic rings. The zero-order chi connectivity index (χ0) is 17.6. The first-order chi connectivity index (χ1) is 12.0. The Morgan fingerprint density at radius 3 is 2.48 bits per heavy atom. The summed E-state index contributed by atoms with van der Waals surface area (Å²) < 4.78 is 8.34. The van der Waals surface area contributed by atoms with Gasteiger partial charge in [-0.3, -0.25) is 4.57 Å². The van der Waals surface area contributed by atoms with Crippen LogP contribution in [0.2, 0.25) is 5.02 Å². The Bertz CT molecular complexity index is 1030. The second kappa shape index (κ2) is 6.02. The van der Waals surface area contributed by atoms with E-state index in [4.69, 9.17) is 16.1 Å². The van der Waals surface area contributed by atoms with Gasteiger partial charge in [0.1, 0.15) is 0 Å². The number of halogens is 1. The minimum absolute atomic E-state index is 0.285. The van der Waals surface area contributed by atoms with Gasteiger partial charge in [-0.05, 0) is 42.8 Å². The number of aryl methyl sites for hydroxylation is 2. The summed E-state index contributed by atoms with van der Waals surface area (Å²) in [7, 11) is 0. The predicted molar refractivity (Wildman–Crippen MR) is 92.4 cm³/mol. The number of thiazole rings is 1. The molecule has 0 bridgehead atoms. The Kier molecular flexibility index (Phi) is 3.82. The first kappa shape index (κ1) is 15.9. The Morgan fingerprint density at radius 1 is 1.12 bits per heavy atom. The molecule has 126 valence electrons. The van der Waals surface area contributed by atoms with E-state index in [0.29, 0.717) is 16.4 Å². The highest BCUT2D eigenvalue weighted by Crippen LogP contribution is 2.29. The Balaban J connectivity index is 1.81. The van der Waals surface area contributed by atoms with Crippen molar-refractivity contribution in [1.82, 2.24) is 14.8 Å². The lowest BCUT2D eigenvalue weighted by Gasteiger charge is -2.03. The zero-order valence-electron chi connectivity index (χ0n) is 13.4. The molecular formula is C17H13ClN4O2S. The molecule has 0 N–H and O–H groups in total. The van der Waals surface area contributed by atoms with Gasteiger partial charge in [0.05, 0.1) is 5.27 Å². The number of aromatic nitrogens is 4. The summed E-state index contributed by atoms with van der Waals surface area (Å²) in [4.78, 5) is 4.62. The second-order valence-corrected chi connectivity index (χ2v) is 6.84. The lowest BCUT2D eigenvalue weighted by atomic mass is 10.3. The normalized spacial score (nSPS) is 11.2. The fraction of sp³-hybridized carbons (Fsp3) is 0.118. The molecule has 4 rings (SSSR count). The SMILES string of the molecule is Cc1ccc(C)n1-c1nc(-c2c([O-])on[n+]2-c2ccc(Cl)cc2)cs1. The highest BCUT2D eigenvalue weighted by molar-refractivity contribution is 7.12. The smallest absolute Gasteiger partial charge is 0.289 e. The van der Waals surface area contributed by atoms with Crippen LogP contribution >= 0.6 is 22.9 Å². The number of hydrogen-bond donors (Lipinski definition) is 0. The van der Waals surface area contributed by atoms with Crippen molar-refractivity contribution >= 4 is 22.9 Å². The average molecular weight is 373 g/mol. The topological polar surface area (TPSA) is 70.8 Å². The highest BCUT2D eigenvalue weighted by Gasteiger charge is 2.25. The van der Waals surface area contributed by atoms with Crippen LogP contribution in [-0.2, 0) is 0 Å². The van der Waals surface area contributed by atoms with Crippen molar-refractivity contribution in [3.63, 3.8) is 0 Å². The largest absolute Gasteiger partial charge is 0.539 e. The van der Waals surface area contributed by atoms with E-state index < -0.39 is 5.95 Å². The van der Waals surface area contributed by atoms with Crippen molar-refractivity contribution in [1.29, 1.82) is 0 Å². The summed E-state index contributed by atoms with van der Waals surface area (Å²) in [5.41, 5.74) is 3.64. The van der Waals surface area contributed by atoms with Crippen LogP contribution in [0.15, 0.2) is 46.3 Å². The summed E-state index contributed by atoms with van der Waals surface area (Å²) in [5.74, 6) is -0.534. The van der Waals surface area contributed by atoms with E-state index in [1.807, 2.05) is 35.9 Å². The minimum Gasteiger partial charge on any atom is -0.539 e. The van der Waals surface area contributed by atoms with Crippen LogP contribution in [0.4, 0.5) is 0 Å². The van der Waals surface area contributed by atoms with E-state index >= 15 is 0 Å². The van der Waals surface area contributed by atoms with Gasteiger partial charge in [0.15, 0.2) is 16.8 Å². The van der Waals surface area contributed by atoms with Crippen molar-refractivity contribution in [3.05, 3.63) is 58.2 Å². The molecule has 8 heteroatoms. The summed E-state index contributed by atoms with van der Waals surface area (Å²) in [6, 6.07) is 11.0. The third-order valence-electron chi connectivity index (χ3n) is 3.88. The van der Waals surface area contributed by atoms with Crippen molar-refractivity contribution < 1.29 is 14.3 Å². The Hall–Kier alpha value is -2.64. The first-order valence-corrected chi connectivity index (χ1v) is 8.76. The fourth-order valence-electron chi connectivity index (χ4n) is 2.67. The maximum absolute atomic E-state index is 12.2. The molecule has 0 fully saturated rings. The maximum atomic E-state index is 12.2. The summed E-state index contributed by atoms with van der Waals surface area (Å²) in [6.07, 6.45) is 0. The lowest BCUT2D eigenvalue weighted by molar-refractivity contribution is -0.660. The van der Waals surface area contributed by atoms with Gasteiger partial charge in [-0.1, -0.05) is 11.6 Å². The third kappa shape index (κ3) is 2.71. The monoisotopic (exact) mass is 372 g/mol. The van der Waals surface area contributed by atoms with Gasteiger partial charge in [-0.2, -0.15) is 0 Å². The van der Waals surface area contributed by atoms with E-state index in [1.54, 1.807) is 24.3 Å². The van der Waals surface area contributed by atoms with Crippen LogP contribution in [0.25, 0.3) is 22.2 Å². The Labute approximate surface area is 152 Å². The van der Waals surface area contributed by atoms with Gasteiger partial charge in [-0.15, -0.1) is 11.3 Å². The van der Waals surface area contributed by atoms with Crippen LogP contribution in [0.3, 0.4) is 0 Å². The molecule has 6 nitrogen and oxygen atoms in total. The van der Waals surface area contributed by atoms with Crippen LogP contribution in [0.1, 0.15) is 11.4 Å². The molecule has 0 aliphatic heterocycles. The van der Waals surface area contributed by atoms with E-state index in [2.05, 4.69) is 10.3 Å². The minimum atomic E-state index is -0.534. The second-order valence-electron chi connectivity index (χ2n) is 5.56. The molecule has 0 radical (unpaired) electrons. The molecule has 25 heavy (non-hydrogen) atoms. The van der Waals surface area contributed by atoms with Gasteiger partial charge in [-0.25, -0.2) is 4.98 Å². The Morgan fingerprint density at radius 2 is 1.80 bits per heavy atom. The zero-order valence-corrected chi connectivity index (χ0v) is 15.0. The molecule has 0 amide bonds. The maximum Gasteiger partial charge on any atom is 0.289 e. The number of rotatable bonds is 3. The van der Waals surface area contributed by atoms with Crippen LogP contribution in [0, 0.1) is 13.8 Å². The van der Waals surface area contributed by atoms with Gasteiger partial charge in [0.25, 0.3) is 5.69 Å². The average Bonchev–Trinajstić information content (AvgIpc) is 3.28. The molecule has 0 aliphatic carbocycles. The number of benzene rings is 1. The fourth-order valence-corrected chi connectivity index (χ4v) is 3.72. The third-order valence-corrected chi connectivity index (χ3v) is 4.96. The van der Waals surface area contributed by atoms with Crippen molar-refractivity contribution in [2.45, 2.75) is 13.8 Å². The standard InChI is InChI=1S/C17H13ClN4O2S/c1-10-3-4-11(2)21(10)17-19-14(9-25-17)15-16(23)24-20-22(15)13-7-5-12(18)6-8-13/h3-9H,1-2H3. The highest BCUT2D eigenvalue weighted by atomic mass is 35.5. The summed E-state index contributed by atoms with van der Waals surface area (Å²) in [5, 5.41) is 19.3. The molecule has 3 heterocycles. The molecular weight excluding hydrogens is 360 g/mol. The quantitative estimate of drug-likeness (QED) is 0.518. The van der Waals surface area contributed by atoms with E-state index in [1.165, 1.54) is 16.0 Å². The van der Waals surface area contributed by atoms with Crippen molar-refractivity contribution in [3.8, 4) is 28.2 Å². The predicted octanol–water partition coefficient (Wildman–Crippen LogP) is 3.21. The van der Waals surface area contributed by atoms with Crippen molar-refractivity contribution in [2.75, 3.05) is 0 Å². The summed E-state index contributed by atoms with van der Waals surface area (Å²) in [6.45, 7) is 4.03. The van der Waals surface area contributed by atoms with Crippen molar-refractivity contribution in [2.24, 2.45) is 0 Å². The van der Waals surface area contributed by atoms with E-state index in [-0.39, 0.29) is 5.69 Å². The van der Waals surface area contributed by atoms with E-state index in [0.717, 1.165) is 16.5 Å². The number of nitrogens with zero attached hydrogens (tertiary/aromatic N) is 4. The molecule has 4 aromatic rings. The molecule has 1 aromatic carbocycles. The summed E-state index contributed by atoms with van der Waals surface area (Å²) >= 11 is 7.38. The number of hydrogen-bond acceptors (Lipinski definition) is 5. The van der Waals surface area contributed by atoms with Crippen LogP contribution in [0.5, 0.6) is 5.95 Å². The molecule has 0 spiro atoms. The van der Waals surface area contributed by atoms with Gasteiger partial charge >= 0.3 is 0 Å². The molecule has 0 unspecified atom stereocenters. The molecule has 0 saturated heterocycles. The molecule has 0 saturated carbocycles. The first-order valence-electron chi connectivity index (χ1n) is 7.51. The van der Waals surface area contributed by atoms with E-state index in [9.17, 15) is 5.11 Å². The lowest BCUT2D eigenvalue weighted by Crippen LogP contribution is -2.34. The van der Waals surface area contributed by atoms with Gasteiger partial charge < -0.3 is 9.63 Å². The van der Waals surface area contributed by atoms with Gasteiger partial charge in [0.2, 0.25) is 5.69 Å². The van der Waals surface area contributed by atoms with Crippen LogP contribution < -0.4 is 9.79 Å². The van der Waals surface area contributed by atoms with Gasteiger partial charge in [0, 0.05) is 33.9 Å². The molecule has 3 aromatic heterocycles.